The van der Waals surface area contributed by atoms with Crippen LogP contribution in [0.2, 0.25) is 10.6 Å². The van der Waals surface area contributed by atoms with Gasteiger partial charge in [0.15, 0.2) is 6.20 Å². The zero-order valence-electron chi connectivity index (χ0n) is 15.4. The van der Waals surface area contributed by atoms with Gasteiger partial charge in [0, 0.05) is 17.8 Å². The van der Waals surface area contributed by atoms with Crippen molar-refractivity contribution >= 4 is 57.1 Å². The predicted molar refractivity (Wildman–Crippen MR) is 114 cm³/mol. The monoisotopic (exact) mass is 424 g/mol. The largest absolute Gasteiger partial charge is 0.324 e. The molecule has 0 atom stereocenters. The van der Waals surface area contributed by atoms with E-state index in [0.29, 0.717) is 0 Å². The summed E-state index contributed by atoms with van der Waals surface area (Å²) in [6.07, 6.45) is 2.02. The van der Waals surface area contributed by atoms with Gasteiger partial charge in [-0.2, -0.15) is 24.6 Å². The first kappa shape index (κ1) is 19.2. The first-order valence-electron chi connectivity index (χ1n) is 8.89. The molecule has 7 nitrogen and oxygen atoms in total. The van der Waals surface area contributed by atoms with E-state index in [0.717, 1.165) is 34.5 Å². The maximum Gasteiger partial charge on any atom is 0.232 e. The van der Waals surface area contributed by atoms with Crippen molar-refractivity contribution in [3.05, 3.63) is 71.4 Å². The number of nitrogens with zero attached hydrogens (tertiary/aromatic N) is 6. The van der Waals surface area contributed by atoms with Gasteiger partial charge in [-0.1, -0.05) is 12.1 Å². The average molecular weight is 425 g/mol. The van der Waals surface area contributed by atoms with E-state index in [1.165, 1.54) is 0 Å². The van der Waals surface area contributed by atoms with Crippen molar-refractivity contribution in [2.24, 2.45) is 10.2 Å². The second kappa shape index (κ2) is 8.46. The Hall–Kier alpha value is -3.16. The van der Waals surface area contributed by atoms with Gasteiger partial charge < -0.3 is 5.32 Å². The molecule has 0 amide bonds. The van der Waals surface area contributed by atoms with Gasteiger partial charge in [-0.05, 0) is 60.5 Å². The quantitative estimate of drug-likeness (QED) is 0.324. The zero-order valence-corrected chi connectivity index (χ0v) is 16.9. The Balaban J connectivity index is 1.55. The van der Waals surface area contributed by atoms with Crippen molar-refractivity contribution in [2.45, 2.75) is 13.5 Å². The molecule has 29 heavy (non-hydrogen) atoms. The zero-order chi connectivity index (χ0) is 20.2. The molecule has 0 unspecified atom stereocenters. The molecule has 0 fully saturated rings. The minimum Gasteiger partial charge on any atom is -0.324 e. The van der Waals surface area contributed by atoms with Crippen LogP contribution in [-0.4, -0.2) is 15.0 Å². The van der Waals surface area contributed by atoms with Crippen LogP contribution in [0.5, 0.6) is 0 Å². The Morgan fingerprint density at radius 1 is 0.897 bits per heavy atom. The predicted octanol–water partition coefficient (Wildman–Crippen LogP) is 5.80. The lowest BCUT2D eigenvalue weighted by Crippen LogP contribution is -2.32. The van der Waals surface area contributed by atoms with Crippen LogP contribution in [0.25, 0.3) is 10.9 Å². The van der Waals surface area contributed by atoms with E-state index in [1.54, 1.807) is 0 Å². The number of fused-ring (bicyclic) bond motifs is 1. The van der Waals surface area contributed by atoms with E-state index < -0.39 is 0 Å². The third-order valence-corrected chi connectivity index (χ3v) is 4.56. The van der Waals surface area contributed by atoms with Crippen LogP contribution in [-0.2, 0) is 6.54 Å². The number of aromatic nitrogens is 4. The van der Waals surface area contributed by atoms with Gasteiger partial charge >= 0.3 is 0 Å². The number of pyridine rings is 1. The van der Waals surface area contributed by atoms with Crippen molar-refractivity contribution in [1.29, 1.82) is 0 Å². The van der Waals surface area contributed by atoms with Crippen LogP contribution in [0.1, 0.15) is 6.92 Å². The number of anilines is 2. The van der Waals surface area contributed by atoms with Crippen LogP contribution in [0.4, 0.5) is 23.0 Å². The van der Waals surface area contributed by atoms with Crippen molar-refractivity contribution < 1.29 is 4.57 Å². The molecule has 0 saturated heterocycles. The molecular weight excluding hydrogens is 409 g/mol. The average Bonchev–Trinajstić information content (AvgIpc) is 2.72. The first-order chi connectivity index (χ1) is 14.1. The number of hydrogen-bond donors (Lipinski definition) is 1. The summed E-state index contributed by atoms with van der Waals surface area (Å²) in [6, 6.07) is 17.5. The molecule has 0 spiro atoms. The number of azo groups is 1. The maximum atomic E-state index is 5.79. The number of rotatable bonds is 5. The lowest BCUT2D eigenvalue weighted by molar-refractivity contribution is -0.667. The van der Waals surface area contributed by atoms with Gasteiger partial charge in [0.1, 0.15) is 12.2 Å². The molecular formula is C20H16Cl2N7+. The van der Waals surface area contributed by atoms with Crippen molar-refractivity contribution in [3.8, 4) is 0 Å². The molecule has 2 heterocycles. The molecule has 1 N–H and O–H groups in total. The second-order valence-corrected chi connectivity index (χ2v) is 6.75. The number of halogens is 2. The third kappa shape index (κ3) is 4.47. The fourth-order valence-corrected chi connectivity index (χ4v) is 3.23. The molecule has 144 valence electrons. The van der Waals surface area contributed by atoms with Gasteiger partial charge in [-0.3, -0.25) is 0 Å². The standard InChI is InChI=1S/C20H15Cl2N7/c1-2-29-12-11-16(15-5-3-4-6-17(15)29)28-27-14-9-7-13(8-10-14)23-20-25-18(21)24-19(22)26-20/h3-12H,2H2,1H3/p+1. The molecule has 0 bridgehead atoms. The Kier molecular flexibility index (Phi) is 5.59. The molecule has 0 aliphatic carbocycles. The Morgan fingerprint density at radius 3 is 2.34 bits per heavy atom. The van der Waals surface area contributed by atoms with Gasteiger partial charge in [-0.25, -0.2) is 0 Å². The van der Waals surface area contributed by atoms with Crippen molar-refractivity contribution in [3.63, 3.8) is 0 Å². The number of aryl methyl sites for hydroxylation is 1. The van der Waals surface area contributed by atoms with Crippen LogP contribution in [0.15, 0.2) is 71.0 Å². The fraction of sp³-hybridized carbons (Fsp3) is 0.100. The lowest BCUT2D eigenvalue weighted by Gasteiger charge is -2.05. The molecule has 2 aromatic carbocycles. The van der Waals surface area contributed by atoms with Crippen LogP contribution >= 0.6 is 23.2 Å². The summed E-state index contributed by atoms with van der Waals surface area (Å²) in [4.78, 5) is 11.7. The van der Waals surface area contributed by atoms with Crippen molar-refractivity contribution in [2.75, 3.05) is 5.32 Å². The summed E-state index contributed by atoms with van der Waals surface area (Å²) in [7, 11) is 0. The van der Waals surface area contributed by atoms with E-state index in [-0.39, 0.29) is 16.5 Å². The third-order valence-electron chi connectivity index (χ3n) is 4.22. The molecule has 0 aliphatic rings. The summed E-state index contributed by atoms with van der Waals surface area (Å²) >= 11 is 11.6. The SMILES string of the molecule is CC[n+]1ccc(N=Nc2ccc(Nc3nc(Cl)nc(Cl)n3)cc2)c2ccccc21. The van der Waals surface area contributed by atoms with Crippen LogP contribution in [0, 0.1) is 0 Å². The van der Waals surface area contributed by atoms with Gasteiger partial charge in [-0.15, -0.1) is 5.11 Å². The van der Waals surface area contributed by atoms with E-state index >= 15 is 0 Å². The fourth-order valence-electron chi connectivity index (χ4n) is 2.87. The highest BCUT2D eigenvalue weighted by Crippen LogP contribution is 2.26. The van der Waals surface area contributed by atoms with Crippen molar-refractivity contribution in [1.82, 2.24) is 15.0 Å². The number of nitrogens with one attached hydrogen (secondary N) is 1. The minimum absolute atomic E-state index is 0.0254. The van der Waals surface area contributed by atoms with Gasteiger partial charge in [0.05, 0.1) is 11.1 Å². The second-order valence-electron chi connectivity index (χ2n) is 6.07. The Labute approximate surface area is 177 Å². The Bertz CT molecular complexity index is 1170. The summed E-state index contributed by atoms with van der Waals surface area (Å²) in [5, 5.41) is 12.9. The first-order valence-corrected chi connectivity index (χ1v) is 9.65. The number of para-hydroxylation sites is 1. The minimum atomic E-state index is 0.0254. The summed E-state index contributed by atoms with van der Waals surface area (Å²) < 4.78 is 2.18. The summed E-state index contributed by atoms with van der Waals surface area (Å²) in [5.74, 6) is 0.268. The highest BCUT2D eigenvalue weighted by Gasteiger charge is 2.10. The molecule has 4 aromatic rings. The number of hydrogen-bond acceptors (Lipinski definition) is 6. The van der Waals surface area contributed by atoms with Crippen LogP contribution in [0.3, 0.4) is 0 Å². The molecule has 0 aliphatic heterocycles. The number of benzene rings is 2. The lowest BCUT2D eigenvalue weighted by atomic mass is 10.2. The molecule has 2 aromatic heterocycles. The van der Waals surface area contributed by atoms with E-state index in [2.05, 4.69) is 48.1 Å². The summed E-state index contributed by atoms with van der Waals surface area (Å²) in [5.41, 5.74) is 3.43. The highest BCUT2D eigenvalue weighted by atomic mass is 35.5. The molecule has 4 rings (SSSR count). The van der Waals surface area contributed by atoms with E-state index in [4.69, 9.17) is 23.2 Å². The van der Waals surface area contributed by atoms with Gasteiger partial charge in [0.2, 0.25) is 22.0 Å². The van der Waals surface area contributed by atoms with E-state index in [9.17, 15) is 0 Å². The highest BCUT2D eigenvalue weighted by molar-refractivity contribution is 6.31. The molecule has 0 radical (unpaired) electrons. The normalized spacial score (nSPS) is 11.3. The topological polar surface area (TPSA) is 79.3 Å². The molecule has 9 heteroatoms. The van der Waals surface area contributed by atoms with E-state index in [1.807, 2.05) is 54.7 Å². The van der Waals surface area contributed by atoms with Crippen LogP contribution < -0.4 is 9.88 Å². The Morgan fingerprint density at radius 2 is 1.62 bits per heavy atom. The molecule has 0 saturated carbocycles. The smallest absolute Gasteiger partial charge is 0.232 e. The summed E-state index contributed by atoms with van der Waals surface area (Å²) in [6.45, 7) is 3.01. The maximum absolute atomic E-state index is 5.79. The van der Waals surface area contributed by atoms with Gasteiger partial charge in [0.25, 0.3) is 0 Å².